The Balaban J connectivity index is 1.42. The first-order valence-corrected chi connectivity index (χ1v) is 9.05. The Labute approximate surface area is 127 Å². The van der Waals surface area contributed by atoms with Gasteiger partial charge in [-0.15, -0.1) is 11.8 Å². The SMILES string of the molecule is c1ccc(SCCN(CC2CCCCN2)C2CC2)cc1. The monoisotopic (exact) mass is 290 g/mol. The van der Waals surface area contributed by atoms with Gasteiger partial charge in [0.05, 0.1) is 0 Å². The van der Waals surface area contributed by atoms with Crippen molar-refractivity contribution in [1.82, 2.24) is 10.2 Å². The molecule has 1 unspecified atom stereocenters. The van der Waals surface area contributed by atoms with Gasteiger partial charge >= 0.3 is 0 Å². The van der Waals surface area contributed by atoms with E-state index in [0.29, 0.717) is 0 Å². The molecule has 1 N–H and O–H groups in total. The Morgan fingerprint density at radius 3 is 2.65 bits per heavy atom. The summed E-state index contributed by atoms with van der Waals surface area (Å²) < 4.78 is 0. The molecule has 3 rings (SSSR count). The van der Waals surface area contributed by atoms with Crippen LogP contribution in [0.15, 0.2) is 35.2 Å². The van der Waals surface area contributed by atoms with E-state index in [1.165, 1.54) is 62.4 Å². The maximum Gasteiger partial charge on any atom is 0.0195 e. The van der Waals surface area contributed by atoms with Crippen LogP contribution in [0.3, 0.4) is 0 Å². The quantitative estimate of drug-likeness (QED) is 0.775. The molecule has 0 aromatic heterocycles. The highest BCUT2D eigenvalue weighted by Gasteiger charge is 2.30. The molecule has 0 bridgehead atoms. The average molecular weight is 290 g/mol. The van der Waals surface area contributed by atoms with Gasteiger partial charge in [0.1, 0.15) is 0 Å². The number of rotatable bonds is 7. The van der Waals surface area contributed by atoms with Crippen molar-refractivity contribution in [1.29, 1.82) is 0 Å². The van der Waals surface area contributed by atoms with Gasteiger partial charge in [-0.25, -0.2) is 0 Å². The third-order valence-corrected chi connectivity index (χ3v) is 5.31. The number of nitrogens with zero attached hydrogens (tertiary/aromatic N) is 1. The second-order valence-corrected chi connectivity index (χ2v) is 7.20. The Morgan fingerprint density at radius 1 is 1.10 bits per heavy atom. The lowest BCUT2D eigenvalue weighted by atomic mass is 10.0. The van der Waals surface area contributed by atoms with Crippen molar-refractivity contribution in [2.75, 3.05) is 25.4 Å². The van der Waals surface area contributed by atoms with Gasteiger partial charge in [0.2, 0.25) is 0 Å². The number of hydrogen-bond donors (Lipinski definition) is 1. The molecule has 2 nitrogen and oxygen atoms in total. The maximum atomic E-state index is 3.69. The second kappa shape index (κ2) is 7.48. The zero-order valence-electron chi connectivity index (χ0n) is 12.3. The van der Waals surface area contributed by atoms with Gasteiger partial charge in [-0.2, -0.15) is 0 Å². The zero-order valence-corrected chi connectivity index (χ0v) is 13.1. The molecule has 1 saturated carbocycles. The van der Waals surface area contributed by atoms with Gasteiger partial charge in [0.25, 0.3) is 0 Å². The predicted molar refractivity (Wildman–Crippen MR) is 87.4 cm³/mol. The molecule has 1 atom stereocenters. The van der Waals surface area contributed by atoms with Crippen LogP contribution in [0.1, 0.15) is 32.1 Å². The molecular formula is C17H26N2S. The van der Waals surface area contributed by atoms with Crippen LogP contribution >= 0.6 is 11.8 Å². The number of piperidine rings is 1. The van der Waals surface area contributed by atoms with E-state index >= 15 is 0 Å². The molecule has 2 fully saturated rings. The molecule has 3 heteroatoms. The minimum atomic E-state index is 0.742. The van der Waals surface area contributed by atoms with Crippen LogP contribution in [0.4, 0.5) is 0 Å². The maximum absolute atomic E-state index is 3.69. The summed E-state index contributed by atoms with van der Waals surface area (Å²) in [4.78, 5) is 4.14. The smallest absolute Gasteiger partial charge is 0.0195 e. The number of hydrogen-bond acceptors (Lipinski definition) is 3. The summed E-state index contributed by atoms with van der Waals surface area (Å²) in [6, 6.07) is 12.4. The van der Waals surface area contributed by atoms with Gasteiger partial charge in [-0.3, -0.25) is 4.90 Å². The van der Waals surface area contributed by atoms with E-state index in [0.717, 1.165) is 12.1 Å². The van der Waals surface area contributed by atoms with Gasteiger partial charge < -0.3 is 5.32 Å². The lowest BCUT2D eigenvalue weighted by Crippen LogP contribution is -2.45. The molecule has 1 aromatic rings. The summed E-state index contributed by atoms with van der Waals surface area (Å²) >= 11 is 1.99. The largest absolute Gasteiger partial charge is 0.313 e. The van der Waals surface area contributed by atoms with Crippen molar-refractivity contribution in [3.05, 3.63) is 30.3 Å². The fourth-order valence-electron chi connectivity index (χ4n) is 3.02. The Morgan fingerprint density at radius 2 is 1.95 bits per heavy atom. The summed E-state index contributed by atoms with van der Waals surface area (Å²) in [6.45, 7) is 3.73. The molecule has 0 amide bonds. The van der Waals surface area contributed by atoms with Crippen LogP contribution in [0.5, 0.6) is 0 Å². The fourth-order valence-corrected chi connectivity index (χ4v) is 3.93. The summed E-state index contributed by atoms with van der Waals surface area (Å²) in [7, 11) is 0. The van der Waals surface area contributed by atoms with Crippen molar-refractivity contribution in [3.8, 4) is 0 Å². The molecular weight excluding hydrogens is 264 g/mol. The van der Waals surface area contributed by atoms with Crippen molar-refractivity contribution < 1.29 is 0 Å². The van der Waals surface area contributed by atoms with E-state index in [1.807, 2.05) is 11.8 Å². The van der Waals surface area contributed by atoms with Crippen molar-refractivity contribution >= 4 is 11.8 Å². The molecule has 0 radical (unpaired) electrons. The molecule has 1 saturated heterocycles. The van der Waals surface area contributed by atoms with Crippen LogP contribution in [-0.2, 0) is 0 Å². The summed E-state index contributed by atoms with van der Waals surface area (Å²) in [5, 5.41) is 3.69. The van der Waals surface area contributed by atoms with Crippen LogP contribution in [0.25, 0.3) is 0 Å². The third-order valence-electron chi connectivity index (χ3n) is 4.32. The molecule has 2 aliphatic rings. The molecule has 1 aliphatic heterocycles. The van der Waals surface area contributed by atoms with Gasteiger partial charge in [-0.1, -0.05) is 24.6 Å². The first-order chi connectivity index (χ1) is 9.92. The lowest BCUT2D eigenvalue weighted by Gasteiger charge is -2.30. The second-order valence-electron chi connectivity index (χ2n) is 6.03. The van der Waals surface area contributed by atoms with Crippen LogP contribution in [-0.4, -0.2) is 42.4 Å². The van der Waals surface area contributed by atoms with Crippen LogP contribution < -0.4 is 5.32 Å². The van der Waals surface area contributed by atoms with E-state index in [-0.39, 0.29) is 0 Å². The van der Waals surface area contributed by atoms with Crippen LogP contribution in [0, 0.1) is 0 Å². The molecule has 1 aliphatic carbocycles. The molecule has 110 valence electrons. The van der Waals surface area contributed by atoms with Crippen molar-refractivity contribution in [2.24, 2.45) is 0 Å². The van der Waals surface area contributed by atoms with Gasteiger partial charge in [0.15, 0.2) is 0 Å². The zero-order chi connectivity index (χ0) is 13.6. The molecule has 1 heterocycles. The van der Waals surface area contributed by atoms with E-state index in [2.05, 4.69) is 40.5 Å². The predicted octanol–water partition coefficient (Wildman–Crippen LogP) is 3.39. The Hall–Kier alpha value is -0.510. The highest BCUT2D eigenvalue weighted by atomic mass is 32.2. The van der Waals surface area contributed by atoms with Crippen molar-refractivity contribution in [2.45, 2.75) is 49.1 Å². The number of thioether (sulfide) groups is 1. The molecule has 1 aromatic carbocycles. The van der Waals surface area contributed by atoms with Crippen LogP contribution in [0.2, 0.25) is 0 Å². The number of benzene rings is 1. The highest BCUT2D eigenvalue weighted by molar-refractivity contribution is 7.99. The van der Waals surface area contributed by atoms with Crippen molar-refractivity contribution in [3.63, 3.8) is 0 Å². The van der Waals surface area contributed by atoms with E-state index < -0.39 is 0 Å². The van der Waals surface area contributed by atoms with Gasteiger partial charge in [0, 0.05) is 35.8 Å². The standard InChI is InChI=1S/C17H26N2S/c1-2-7-17(8-3-1)20-13-12-19(16-9-10-16)14-15-6-4-5-11-18-15/h1-3,7-8,15-16,18H,4-6,9-14H2. The summed E-state index contributed by atoms with van der Waals surface area (Å²) in [5.41, 5.74) is 0. The minimum absolute atomic E-state index is 0.742. The summed E-state index contributed by atoms with van der Waals surface area (Å²) in [5.74, 6) is 1.22. The van der Waals surface area contributed by atoms with E-state index in [9.17, 15) is 0 Å². The topological polar surface area (TPSA) is 15.3 Å². The number of nitrogens with one attached hydrogen (secondary N) is 1. The van der Waals surface area contributed by atoms with Gasteiger partial charge in [-0.05, 0) is 44.4 Å². The first kappa shape index (κ1) is 14.4. The van der Waals surface area contributed by atoms with E-state index in [1.54, 1.807) is 0 Å². The molecule has 20 heavy (non-hydrogen) atoms. The third kappa shape index (κ3) is 4.51. The molecule has 0 spiro atoms. The normalized spacial score (nSPS) is 23.1. The highest BCUT2D eigenvalue weighted by Crippen LogP contribution is 2.28. The Kier molecular flexibility index (Phi) is 5.40. The average Bonchev–Trinajstić information content (AvgIpc) is 3.33. The lowest BCUT2D eigenvalue weighted by molar-refractivity contribution is 0.227. The summed E-state index contributed by atoms with van der Waals surface area (Å²) in [6.07, 6.45) is 6.99. The fraction of sp³-hybridized carbons (Fsp3) is 0.647. The van der Waals surface area contributed by atoms with E-state index in [4.69, 9.17) is 0 Å². The minimum Gasteiger partial charge on any atom is -0.313 e. The Bertz CT molecular complexity index is 385. The first-order valence-electron chi connectivity index (χ1n) is 8.07.